The number of anilines is 4. The number of nitrogen functional groups attached to an aromatic ring is 1. The van der Waals surface area contributed by atoms with Gasteiger partial charge in [0.05, 0.1) is 0 Å². The summed E-state index contributed by atoms with van der Waals surface area (Å²) in [7, 11) is 0. The summed E-state index contributed by atoms with van der Waals surface area (Å²) >= 11 is 0. The zero-order valence-electron chi connectivity index (χ0n) is 18.9. The van der Waals surface area contributed by atoms with E-state index in [1.807, 2.05) is 6.07 Å². The number of benzene rings is 1. The molecule has 1 saturated heterocycles. The molecule has 35 heavy (non-hydrogen) atoms. The molecule has 0 radical (unpaired) electrons. The highest BCUT2D eigenvalue weighted by atomic mass is 19.3. The summed E-state index contributed by atoms with van der Waals surface area (Å²) in [6.45, 7) is 1.80. The quantitative estimate of drug-likeness (QED) is 0.402. The summed E-state index contributed by atoms with van der Waals surface area (Å²) in [6, 6.07) is 11.9. The van der Waals surface area contributed by atoms with Gasteiger partial charge in [-0.25, -0.2) is 38.1 Å². The lowest BCUT2D eigenvalue weighted by Gasteiger charge is -2.31. The van der Waals surface area contributed by atoms with Crippen LogP contribution in [0.5, 0.6) is 0 Å². The Kier molecular flexibility index (Phi) is 5.63. The predicted molar refractivity (Wildman–Crippen MR) is 128 cm³/mol. The normalized spacial score (nSPS) is 15.2. The molecule has 0 aliphatic carbocycles. The third kappa shape index (κ3) is 4.81. The van der Waals surface area contributed by atoms with Crippen LogP contribution in [0, 0.1) is 6.92 Å². The van der Waals surface area contributed by atoms with E-state index >= 15 is 0 Å². The van der Waals surface area contributed by atoms with Crippen molar-refractivity contribution in [1.29, 1.82) is 0 Å². The molecule has 10 nitrogen and oxygen atoms in total. The van der Waals surface area contributed by atoms with Crippen LogP contribution in [0.4, 0.5) is 36.7 Å². The molecule has 2 amide bonds. The number of aryl methyl sites for hydroxylation is 1. The van der Waals surface area contributed by atoms with Crippen molar-refractivity contribution < 1.29 is 13.6 Å². The van der Waals surface area contributed by atoms with E-state index in [2.05, 4.69) is 30.6 Å². The maximum Gasteiger partial charge on any atom is 0.321 e. The van der Waals surface area contributed by atoms with Crippen LogP contribution in [-0.2, 0) is 0 Å². The molecule has 4 heterocycles. The highest BCUT2D eigenvalue weighted by Crippen LogP contribution is 2.29. The standard InChI is InChI=1S/C23H23F2N9O/c1-14-28-18(26)13-19(29-14)34-20-17(3-2-10-27-20)32-21(34)30-15-4-6-16(7-5-15)31-22(35)33-11-8-23(24,25)9-12-33/h2-7,10,13H,8-9,11-12H2,1H3,(H,30,32)(H,31,35)(H2,26,28,29). The minimum atomic E-state index is -2.70. The molecule has 0 atom stereocenters. The lowest BCUT2D eigenvalue weighted by Crippen LogP contribution is -2.44. The van der Waals surface area contributed by atoms with Crippen molar-refractivity contribution >= 4 is 40.3 Å². The van der Waals surface area contributed by atoms with Gasteiger partial charge in [0.25, 0.3) is 5.92 Å². The van der Waals surface area contributed by atoms with E-state index < -0.39 is 12.0 Å². The van der Waals surface area contributed by atoms with Crippen LogP contribution in [-0.4, -0.2) is 54.4 Å². The molecule has 1 fully saturated rings. The fraction of sp³-hybridized carbons (Fsp3) is 0.261. The molecule has 3 aromatic heterocycles. The van der Waals surface area contributed by atoms with E-state index in [0.717, 1.165) is 0 Å². The summed E-state index contributed by atoms with van der Waals surface area (Å²) in [4.78, 5) is 31.5. The number of likely N-dealkylation sites (tertiary alicyclic amines) is 1. The number of pyridine rings is 1. The van der Waals surface area contributed by atoms with E-state index in [4.69, 9.17) is 5.73 Å². The van der Waals surface area contributed by atoms with Gasteiger partial charge in [-0.15, -0.1) is 0 Å². The third-order valence-corrected chi connectivity index (χ3v) is 5.66. The number of hydrogen-bond acceptors (Lipinski definition) is 7. The van der Waals surface area contributed by atoms with E-state index in [9.17, 15) is 13.6 Å². The highest BCUT2D eigenvalue weighted by Gasteiger charge is 2.35. The number of alkyl halides is 2. The number of imidazole rings is 1. The first-order valence-electron chi connectivity index (χ1n) is 11.0. The monoisotopic (exact) mass is 479 g/mol. The first kappa shape index (κ1) is 22.4. The Bertz CT molecular complexity index is 1360. The van der Waals surface area contributed by atoms with Crippen molar-refractivity contribution in [2.24, 2.45) is 0 Å². The molecule has 0 unspecified atom stereocenters. The number of urea groups is 1. The fourth-order valence-electron chi connectivity index (χ4n) is 3.91. The van der Waals surface area contributed by atoms with Crippen LogP contribution in [0.3, 0.4) is 0 Å². The van der Waals surface area contributed by atoms with Crippen LogP contribution in [0.2, 0.25) is 0 Å². The van der Waals surface area contributed by atoms with Crippen LogP contribution in [0.25, 0.3) is 17.0 Å². The number of piperidine rings is 1. The lowest BCUT2D eigenvalue weighted by atomic mass is 10.1. The fourth-order valence-corrected chi connectivity index (χ4v) is 3.91. The summed E-state index contributed by atoms with van der Waals surface area (Å²) in [5, 5.41) is 6.01. The Balaban J connectivity index is 1.36. The highest BCUT2D eigenvalue weighted by molar-refractivity contribution is 5.89. The molecule has 1 aliphatic heterocycles. The van der Waals surface area contributed by atoms with Gasteiger partial charge >= 0.3 is 6.03 Å². The van der Waals surface area contributed by atoms with Crippen molar-refractivity contribution in [3.05, 3.63) is 54.5 Å². The number of halogens is 2. The Hall–Kier alpha value is -4.35. The van der Waals surface area contributed by atoms with E-state index in [-0.39, 0.29) is 25.9 Å². The third-order valence-electron chi connectivity index (χ3n) is 5.66. The Morgan fingerprint density at radius 1 is 1.06 bits per heavy atom. The zero-order chi connectivity index (χ0) is 24.6. The van der Waals surface area contributed by atoms with Crippen LogP contribution in [0.15, 0.2) is 48.7 Å². The largest absolute Gasteiger partial charge is 0.384 e. The van der Waals surface area contributed by atoms with Gasteiger partial charge in [-0.05, 0) is 43.3 Å². The minimum Gasteiger partial charge on any atom is -0.384 e. The van der Waals surface area contributed by atoms with Crippen LogP contribution in [0.1, 0.15) is 18.7 Å². The number of carbonyl (C=O) groups excluding carboxylic acids is 1. The second kappa shape index (κ2) is 8.78. The maximum absolute atomic E-state index is 13.3. The number of hydrogen-bond donors (Lipinski definition) is 3. The van der Waals surface area contributed by atoms with E-state index in [1.54, 1.807) is 54.1 Å². The number of rotatable bonds is 4. The van der Waals surface area contributed by atoms with Gasteiger partial charge in [-0.1, -0.05) is 0 Å². The number of fused-ring (bicyclic) bond motifs is 1. The molecular weight excluding hydrogens is 456 g/mol. The second-order valence-corrected chi connectivity index (χ2v) is 8.29. The van der Waals surface area contributed by atoms with E-state index in [0.29, 0.717) is 45.9 Å². The van der Waals surface area contributed by atoms with Gasteiger partial charge in [-0.2, -0.15) is 0 Å². The number of amides is 2. The van der Waals surface area contributed by atoms with Crippen molar-refractivity contribution in [1.82, 2.24) is 29.4 Å². The number of aromatic nitrogens is 5. The Morgan fingerprint density at radius 3 is 2.49 bits per heavy atom. The molecular formula is C23H23F2N9O. The predicted octanol–water partition coefficient (Wildman–Crippen LogP) is 4.11. The molecule has 0 spiro atoms. The molecule has 1 aliphatic rings. The smallest absolute Gasteiger partial charge is 0.321 e. The summed E-state index contributed by atoms with van der Waals surface area (Å²) in [6.07, 6.45) is 1.02. The molecule has 0 saturated carbocycles. The SMILES string of the molecule is Cc1nc(N)cc(-n2c(Nc3ccc(NC(=O)N4CCC(F)(F)CC4)cc3)nc3cccnc32)n1. The Labute approximate surface area is 199 Å². The van der Waals surface area contributed by atoms with Gasteiger partial charge in [-0.3, -0.25) is 0 Å². The van der Waals surface area contributed by atoms with Gasteiger partial charge in [0.15, 0.2) is 5.65 Å². The van der Waals surface area contributed by atoms with E-state index in [1.165, 1.54) is 4.90 Å². The summed E-state index contributed by atoms with van der Waals surface area (Å²) in [5.41, 5.74) is 8.46. The zero-order valence-corrected chi connectivity index (χ0v) is 18.9. The van der Waals surface area contributed by atoms with Crippen LogP contribution < -0.4 is 16.4 Å². The molecule has 4 aromatic rings. The first-order valence-corrected chi connectivity index (χ1v) is 11.0. The number of nitrogens with zero attached hydrogens (tertiary/aromatic N) is 6. The van der Waals surface area contributed by atoms with Gasteiger partial charge in [0.1, 0.15) is 23.0 Å². The van der Waals surface area contributed by atoms with Crippen molar-refractivity contribution in [3.63, 3.8) is 0 Å². The summed E-state index contributed by atoms with van der Waals surface area (Å²) in [5.74, 6) is -0.862. The molecule has 4 N–H and O–H groups in total. The molecule has 1 aromatic carbocycles. The first-order chi connectivity index (χ1) is 16.8. The number of nitrogens with two attached hydrogens (primary N) is 1. The molecule has 12 heteroatoms. The lowest BCUT2D eigenvalue weighted by molar-refractivity contribution is -0.0461. The molecule has 5 rings (SSSR count). The topological polar surface area (TPSA) is 127 Å². The Morgan fingerprint density at radius 2 is 1.77 bits per heavy atom. The molecule has 180 valence electrons. The average Bonchev–Trinajstić information content (AvgIpc) is 3.17. The minimum absolute atomic E-state index is 0.0236. The van der Waals surface area contributed by atoms with Gasteiger partial charge in [0, 0.05) is 49.6 Å². The summed E-state index contributed by atoms with van der Waals surface area (Å²) < 4.78 is 28.4. The number of nitrogens with one attached hydrogen (secondary N) is 2. The molecule has 0 bridgehead atoms. The average molecular weight is 479 g/mol. The van der Waals surface area contributed by atoms with Gasteiger partial charge in [0.2, 0.25) is 5.95 Å². The van der Waals surface area contributed by atoms with Gasteiger partial charge < -0.3 is 21.3 Å². The number of carbonyl (C=O) groups is 1. The van der Waals surface area contributed by atoms with Crippen molar-refractivity contribution in [2.45, 2.75) is 25.7 Å². The maximum atomic E-state index is 13.3. The second-order valence-electron chi connectivity index (χ2n) is 8.29. The van der Waals surface area contributed by atoms with Crippen LogP contribution >= 0.6 is 0 Å². The van der Waals surface area contributed by atoms with Crippen molar-refractivity contribution in [2.75, 3.05) is 29.5 Å². The van der Waals surface area contributed by atoms with Crippen molar-refractivity contribution in [3.8, 4) is 5.82 Å².